The molecule has 28 heavy (non-hydrogen) atoms. The second kappa shape index (κ2) is 7.60. The molecule has 0 radical (unpaired) electrons. The third-order valence-corrected chi connectivity index (χ3v) is 5.20. The highest BCUT2D eigenvalue weighted by Gasteiger charge is 2.27. The van der Waals surface area contributed by atoms with Gasteiger partial charge in [-0.05, 0) is 74.1 Å². The van der Waals surface area contributed by atoms with Crippen molar-refractivity contribution >= 4 is 5.69 Å². The Morgan fingerprint density at radius 2 is 1.96 bits per heavy atom. The second-order valence-electron chi connectivity index (χ2n) is 7.49. The first-order chi connectivity index (χ1) is 13.5. The zero-order chi connectivity index (χ0) is 19.7. The lowest BCUT2D eigenvalue weighted by Gasteiger charge is -2.21. The van der Waals surface area contributed by atoms with Crippen molar-refractivity contribution in [2.45, 2.75) is 39.2 Å². The van der Waals surface area contributed by atoms with Crippen LogP contribution in [0.25, 0.3) is 11.3 Å². The molecule has 0 amide bonds. The first-order valence-electron chi connectivity index (χ1n) is 9.66. The van der Waals surface area contributed by atoms with Crippen molar-refractivity contribution in [3.63, 3.8) is 0 Å². The number of nitrogens with zero attached hydrogens (tertiary/aromatic N) is 3. The number of aryl methyl sites for hydroxylation is 2. The van der Waals surface area contributed by atoms with Crippen LogP contribution in [-0.2, 0) is 6.61 Å². The van der Waals surface area contributed by atoms with Gasteiger partial charge >= 0.3 is 0 Å². The van der Waals surface area contributed by atoms with Crippen LogP contribution in [0.3, 0.4) is 0 Å². The fourth-order valence-corrected chi connectivity index (χ4v) is 3.59. The van der Waals surface area contributed by atoms with Crippen molar-refractivity contribution in [3.8, 4) is 17.0 Å². The van der Waals surface area contributed by atoms with Gasteiger partial charge in [0.05, 0.1) is 11.4 Å². The van der Waals surface area contributed by atoms with Crippen LogP contribution in [0.1, 0.15) is 41.3 Å². The Labute approximate surface area is 166 Å². The highest BCUT2D eigenvalue weighted by atomic mass is 16.5. The van der Waals surface area contributed by atoms with Crippen molar-refractivity contribution in [2.24, 2.45) is 5.84 Å². The highest BCUT2D eigenvalue weighted by Crippen LogP contribution is 2.43. The van der Waals surface area contributed by atoms with Crippen LogP contribution < -0.4 is 15.6 Å². The van der Waals surface area contributed by atoms with E-state index in [1.54, 1.807) is 11.2 Å². The molecule has 0 spiro atoms. The minimum atomic E-state index is 0.510. The molecule has 0 aliphatic heterocycles. The van der Waals surface area contributed by atoms with E-state index in [1.165, 1.54) is 24.0 Å². The predicted octanol–water partition coefficient (Wildman–Crippen LogP) is 4.53. The molecule has 0 saturated heterocycles. The summed E-state index contributed by atoms with van der Waals surface area (Å²) in [6, 6.07) is 14.5. The largest absolute Gasteiger partial charge is 0.489 e. The van der Waals surface area contributed by atoms with E-state index in [0.717, 1.165) is 34.1 Å². The molecule has 1 saturated carbocycles. The van der Waals surface area contributed by atoms with E-state index in [-0.39, 0.29) is 0 Å². The summed E-state index contributed by atoms with van der Waals surface area (Å²) in [6.45, 7) is 4.48. The van der Waals surface area contributed by atoms with Gasteiger partial charge in [-0.2, -0.15) is 0 Å². The van der Waals surface area contributed by atoms with Gasteiger partial charge in [0.15, 0.2) is 0 Å². The van der Waals surface area contributed by atoms with Crippen molar-refractivity contribution in [2.75, 3.05) is 12.1 Å². The number of rotatable bonds is 6. The average molecular weight is 374 g/mol. The Morgan fingerprint density at radius 1 is 1.14 bits per heavy atom. The summed E-state index contributed by atoms with van der Waals surface area (Å²) in [5.74, 6) is 8.36. The number of ether oxygens (including phenoxy) is 1. The van der Waals surface area contributed by atoms with Gasteiger partial charge in [-0.1, -0.05) is 12.1 Å². The molecule has 2 aromatic carbocycles. The van der Waals surface area contributed by atoms with E-state index in [2.05, 4.69) is 41.2 Å². The molecule has 5 nitrogen and oxygen atoms in total. The maximum atomic E-state index is 6.23. The third-order valence-electron chi connectivity index (χ3n) is 5.20. The minimum Gasteiger partial charge on any atom is -0.489 e. The molecule has 1 aliphatic rings. The second-order valence-corrected chi connectivity index (χ2v) is 7.49. The minimum absolute atomic E-state index is 0.510. The maximum Gasteiger partial charge on any atom is 0.125 e. The number of anilines is 1. The van der Waals surface area contributed by atoms with Crippen molar-refractivity contribution in [1.29, 1.82) is 0 Å². The standard InChI is InChI=1S/C23H26N4O/c1-15-13-18(21-11-12-25-16(2)26-21)9-10-23(15)28-14-20-19(17-7-8-17)5-4-6-22(20)27(3)24/h4-6,9-13,17H,7-8,14,24H2,1-3H3. The van der Waals surface area contributed by atoms with Gasteiger partial charge in [-0.25, -0.2) is 15.8 Å². The molecule has 144 valence electrons. The molecule has 0 unspecified atom stereocenters. The van der Waals surface area contributed by atoms with Gasteiger partial charge in [-0.15, -0.1) is 0 Å². The summed E-state index contributed by atoms with van der Waals surface area (Å²) in [4.78, 5) is 8.67. The lowest BCUT2D eigenvalue weighted by Crippen LogP contribution is -2.27. The van der Waals surface area contributed by atoms with E-state index >= 15 is 0 Å². The lowest BCUT2D eigenvalue weighted by atomic mass is 10.0. The van der Waals surface area contributed by atoms with Crippen LogP contribution in [0.15, 0.2) is 48.7 Å². The van der Waals surface area contributed by atoms with Crippen LogP contribution in [0.5, 0.6) is 5.75 Å². The summed E-state index contributed by atoms with van der Waals surface area (Å²) < 4.78 is 6.23. The van der Waals surface area contributed by atoms with E-state index in [1.807, 2.05) is 32.2 Å². The molecule has 1 aliphatic carbocycles. The molecule has 3 aromatic rings. The molecule has 1 aromatic heterocycles. The summed E-state index contributed by atoms with van der Waals surface area (Å²) >= 11 is 0. The summed E-state index contributed by atoms with van der Waals surface area (Å²) in [7, 11) is 1.87. The number of hydrogen-bond donors (Lipinski definition) is 1. The molecule has 4 rings (SSSR count). The smallest absolute Gasteiger partial charge is 0.125 e. The van der Waals surface area contributed by atoms with Crippen molar-refractivity contribution in [1.82, 2.24) is 9.97 Å². The number of hydrogen-bond acceptors (Lipinski definition) is 5. The van der Waals surface area contributed by atoms with Gasteiger partial charge < -0.3 is 9.75 Å². The number of nitrogens with two attached hydrogens (primary N) is 1. The Bertz CT molecular complexity index is 975. The summed E-state index contributed by atoms with van der Waals surface area (Å²) in [5, 5.41) is 1.68. The fourth-order valence-electron chi connectivity index (χ4n) is 3.59. The normalized spacial score (nSPS) is 13.4. The molecule has 1 fully saturated rings. The van der Waals surface area contributed by atoms with E-state index in [0.29, 0.717) is 12.5 Å². The maximum absolute atomic E-state index is 6.23. The highest BCUT2D eigenvalue weighted by molar-refractivity contribution is 5.62. The first-order valence-corrected chi connectivity index (χ1v) is 9.66. The predicted molar refractivity (Wildman–Crippen MR) is 112 cm³/mol. The average Bonchev–Trinajstić information content (AvgIpc) is 3.52. The molecule has 1 heterocycles. The van der Waals surface area contributed by atoms with Crippen LogP contribution in [0, 0.1) is 13.8 Å². The fraction of sp³-hybridized carbons (Fsp3) is 0.304. The van der Waals surface area contributed by atoms with Crippen LogP contribution in [-0.4, -0.2) is 17.0 Å². The van der Waals surface area contributed by atoms with Gasteiger partial charge in [-0.3, -0.25) is 0 Å². The SMILES string of the molecule is Cc1nccc(-c2ccc(OCc3c(C4CC4)cccc3N(C)N)c(C)c2)n1. The van der Waals surface area contributed by atoms with E-state index < -0.39 is 0 Å². The van der Waals surface area contributed by atoms with Gasteiger partial charge in [0, 0.05) is 24.4 Å². The van der Waals surface area contributed by atoms with E-state index in [4.69, 9.17) is 10.6 Å². The Hall–Kier alpha value is -2.92. The molecule has 2 N–H and O–H groups in total. The third kappa shape index (κ3) is 3.85. The van der Waals surface area contributed by atoms with Gasteiger partial charge in [0.2, 0.25) is 0 Å². The number of hydrazine groups is 1. The summed E-state index contributed by atoms with van der Waals surface area (Å²) in [6.07, 6.45) is 4.28. The Morgan fingerprint density at radius 3 is 2.64 bits per heavy atom. The van der Waals surface area contributed by atoms with E-state index in [9.17, 15) is 0 Å². The molecule has 0 bridgehead atoms. The zero-order valence-corrected chi connectivity index (χ0v) is 16.6. The van der Waals surface area contributed by atoms with Crippen LogP contribution in [0.4, 0.5) is 5.69 Å². The zero-order valence-electron chi connectivity index (χ0n) is 16.6. The molecule has 5 heteroatoms. The van der Waals surface area contributed by atoms with Crippen LogP contribution >= 0.6 is 0 Å². The Balaban J connectivity index is 1.58. The monoisotopic (exact) mass is 374 g/mol. The molecule has 0 atom stereocenters. The number of aromatic nitrogens is 2. The molecular formula is C23H26N4O. The van der Waals surface area contributed by atoms with Crippen molar-refractivity contribution < 1.29 is 4.74 Å². The Kier molecular flexibility index (Phi) is 5.01. The number of benzene rings is 2. The van der Waals surface area contributed by atoms with Crippen LogP contribution in [0.2, 0.25) is 0 Å². The van der Waals surface area contributed by atoms with Crippen molar-refractivity contribution in [3.05, 3.63) is 71.2 Å². The quantitative estimate of drug-likeness (QED) is 0.507. The van der Waals surface area contributed by atoms with Gasteiger partial charge in [0.1, 0.15) is 18.2 Å². The first kappa shape index (κ1) is 18.4. The summed E-state index contributed by atoms with van der Waals surface area (Å²) in [5.41, 5.74) is 6.64. The lowest BCUT2D eigenvalue weighted by molar-refractivity contribution is 0.303. The molecular weight excluding hydrogens is 348 g/mol. The van der Waals surface area contributed by atoms with Gasteiger partial charge in [0.25, 0.3) is 0 Å². The topological polar surface area (TPSA) is 64.3 Å².